The monoisotopic (exact) mass is 479 g/mol. The molecule has 0 fully saturated rings. The Bertz CT molecular complexity index is 1270. The number of hydrogen-bond donors (Lipinski definition) is 2. The summed E-state index contributed by atoms with van der Waals surface area (Å²) in [6.07, 6.45) is 0.192. The maximum absolute atomic E-state index is 13.0. The van der Waals surface area contributed by atoms with Crippen molar-refractivity contribution in [2.24, 2.45) is 0 Å². The highest BCUT2D eigenvalue weighted by Gasteiger charge is 2.39. The van der Waals surface area contributed by atoms with Crippen molar-refractivity contribution in [3.05, 3.63) is 99.7 Å². The molecule has 4 rings (SSSR count). The van der Waals surface area contributed by atoms with Crippen LogP contribution in [0.3, 0.4) is 0 Å². The van der Waals surface area contributed by atoms with E-state index in [-0.39, 0.29) is 23.1 Å². The summed E-state index contributed by atoms with van der Waals surface area (Å²) in [5.74, 6) is -1.33. The third kappa shape index (κ3) is 4.77. The first-order chi connectivity index (χ1) is 15.8. The predicted octanol–water partition coefficient (Wildman–Crippen LogP) is 5.27. The van der Waals surface area contributed by atoms with Crippen LogP contribution in [0.5, 0.6) is 0 Å². The minimum Gasteiger partial charge on any atom is -0.350 e. The van der Waals surface area contributed by atoms with Gasteiger partial charge in [0, 0.05) is 16.4 Å². The number of hydrogen-bond acceptors (Lipinski definition) is 4. The van der Waals surface area contributed by atoms with E-state index < -0.39 is 11.8 Å². The Labute approximate surface area is 200 Å². The minimum absolute atomic E-state index is 0.0180. The molecule has 0 aromatic heterocycles. The van der Waals surface area contributed by atoms with Gasteiger partial charge in [-0.05, 0) is 54.4 Å². The van der Waals surface area contributed by atoms with Gasteiger partial charge in [-0.25, -0.2) is 4.90 Å². The first kappa shape index (κ1) is 22.6. The number of benzene rings is 3. The van der Waals surface area contributed by atoms with Crippen molar-refractivity contribution in [1.82, 2.24) is 0 Å². The molecule has 2 N–H and O–H groups in total. The molecule has 1 heterocycles. The molecule has 3 aromatic rings. The van der Waals surface area contributed by atoms with Gasteiger partial charge in [0.25, 0.3) is 11.8 Å². The molecule has 0 saturated heterocycles. The Morgan fingerprint density at radius 3 is 2.24 bits per heavy atom. The molecule has 6 nitrogen and oxygen atoms in total. The van der Waals surface area contributed by atoms with Gasteiger partial charge in [-0.1, -0.05) is 59.6 Å². The van der Waals surface area contributed by atoms with Crippen LogP contribution in [0.2, 0.25) is 5.02 Å². The molecule has 8 heteroatoms. The van der Waals surface area contributed by atoms with Crippen molar-refractivity contribution in [2.75, 3.05) is 15.5 Å². The minimum atomic E-state index is -0.622. The average molecular weight is 480 g/mol. The van der Waals surface area contributed by atoms with Crippen molar-refractivity contribution in [2.45, 2.75) is 13.3 Å². The van der Waals surface area contributed by atoms with E-state index in [1.54, 1.807) is 49.4 Å². The van der Waals surface area contributed by atoms with Crippen LogP contribution in [-0.2, 0) is 20.8 Å². The first-order valence-corrected chi connectivity index (χ1v) is 10.9. The van der Waals surface area contributed by atoms with Crippen molar-refractivity contribution in [3.8, 4) is 0 Å². The summed E-state index contributed by atoms with van der Waals surface area (Å²) >= 11 is 12.4. The van der Waals surface area contributed by atoms with Gasteiger partial charge in [0.2, 0.25) is 5.91 Å². The fourth-order valence-electron chi connectivity index (χ4n) is 3.43. The van der Waals surface area contributed by atoms with E-state index in [2.05, 4.69) is 10.6 Å². The fourth-order valence-corrected chi connectivity index (χ4v) is 3.81. The molecule has 166 valence electrons. The number of carbonyl (C=O) groups excluding carboxylic acids is 3. The number of nitrogens with zero attached hydrogens (tertiary/aromatic N) is 1. The smallest absolute Gasteiger partial charge is 0.283 e. The van der Waals surface area contributed by atoms with E-state index in [4.69, 9.17) is 23.2 Å². The zero-order valence-electron chi connectivity index (χ0n) is 17.6. The van der Waals surface area contributed by atoms with E-state index in [1.165, 1.54) is 0 Å². The summed E-state index contributed by atoms with van der Waals surface area (Å²) < 4.78 is 0. The SMILES string of the molecule is Cc1c(Cl)cccc1N1C(=O)C(Cl)=C(Nc2ccc(CC(=O)Nc3ccccc3)cc2)C1=O. The third-order valence-corrected chi connectivity index (χ3v) is 5.91. The largest absolute Gasteiger partial charge is 0.350 e. The fraction of sp³-hybridized carbons (Fsp3) is 0.0800. The molecule has 33 heavy (non-hydrogen) atoms. The quantitative estimate of drug-likeness (QED) is 0.472. The summed E-state index contributed by atoms with van der Waals surface area (Å²) in [6, 6.07) is 21.1. The van der Waals surface area contributed by atoms with Gasteiger partial charge in [0.05, 0.1) is 12.1 Å². The van der Waals surface area contributed by atoms with E-state index in [1.807, 2.05) is 30.3 Å². The van der Waals surface area contributed by atoms with Crippen LogP contribution in [-0.4, -0.2) is 17.7 Å². The number of rotatable bonds is 6. The highest BCUT2D eigenvalue weighted by atomic mass is 35.5. The number of para-hydroxylation sites is 1. The zero-order valence-corrected chi connectivity index (χ0v) is 19.1. The second-order valence-electron chi connectivity index (χ2n) is 7.43. The molecule has 0 aliphatic carbocycles. The summed E-state index contributed by atoms with van der Waals surface area (Å²) in [5.41, 5.74) is 3.04. The van der Waals surface area contributed by atoms with Crippen molar-refractivity contribution >= 4 is 58.0 Å². The lowest BCUT2D eigenvalue weighted by Crippen LogP contribution is -2.32. The van der Waals surface area contributed by atoms with E-state index in [0.29, 0.717) is 22.0 Å². The van der Waals surface area contributed by atoms with Crippen LogP contribution < -0.4 is 15.5 Å². The molecule has 3 amide bonds. The molecule has 1 aliphatic rings. The number of nitrogens with one attached hydrogen (secondary N) is 2. The average Bonchev–Trinajstić information content (AvgIpc) is 3.01. The maximum Gasteiger partial charge on any atom is 0.283 e. The van der Waals surface area contributed by atoms with Crippen molar-refractivity contribution in [3.63, 3.8) is 0 Å². The molecule has 0 atom stereocenters. The van der Waals surface area contributed by atoms with Crippen LogP contribution >= 0.6 is 23.2 Å². The van der Waals surface area contributed by atoms with Crippen molar-refractivity contribution < 1.29 is 14.4 Å². The van der Waals surface area contributed by atoms with Gasteiger partial charge in [-0.2, -0.15) is 0 Å². The second kappa shape index (κ2) is 9.48. The molecular formula is C25H19Cl2N3O3. The molecule has 0 unspecified atom stereocenters. The lowest BCUT2D eigenvalue weighted by atomic mass is 10.1. The highest BCUT2D eigenvalue weighted by Crippen LogP contribution is 2.34. The Balaban J connectivity index is 1.45. The van der Waals surface area contributed by atoms with Gasteiger partial charge in [0.15, 0.2) is 0 Å². The summed E-state index contributed by atoms with van der Waals surface area (Å²) in [7, 11) is 0. The topological polar surface area (TPSA) is 78.5 Å². The number of anilines is 3. The van der Waals surface area contributed by atoms with Crippen LogP contribution in [0.15, 0.2) is 83.5 Å². The number of carbonyl (C=O) groups is 3. The Morgan fingerprint density at radius 2 is 1.55 bits per heavy atom. The van der Waals surface area contributed by atoms with E-state index in [0.717, 1.165) is 16.2 Å². The van der Waals surface area contributed by atoms with Gasteiger partial charge >= 0.3 is 0 Å². The van der Waals surface area contributed by atoms with Gasteiger partial charge in [0.1, 0.15) is 10.7 Å². The molecule has 0 saturated carbocycles. The van der Waals surface area contributed by atoms with Crippen molar-refractivity contribution in [1.29, 1.82) is 0 Å². The lowest BCUT2D eigenvalue weighted by Gasteiger charge is -2.18. The molecule has 0 spiro atoms. The van der Waals surface area contributed by atoms with Crippen LogP contribution in [0.25, 0.3) is 0 Å². The summed E-state index contributed by atoms with van der Waals surface area (Å²) in [4.78, 5) is 38.9. The summed E-state index contributed by atoms with van der Waals surface area (Å²) in [6.45, 7) is 1.73. The van der Waals surface area contributed by atoms with Gasteiger partial charge in [-0.15, -0.1) is 0 Å². The first-order valence-electron chi connectivity index (χ1n) is 10.1. The number of amides is 3. The molecule has 3 aromatic carbocycles. The maximum atomic E-state index is 13.0. The standard InChI is InChI=1S/C25H19Cl2N3O3/c1-15-19(26)8-5-9-20(15)30-24(32)22(27)23(25(30)33)29-18-12-10-16(11-13-18)14-21(31)28-17-6-3-2-4-7-17/h2-13,29H,14H2,1H3,(H,28,31). The molecule has 1 aliphatic heterocycles. The highest BCUT2D eigenvalue weighted by molar-refractivity contribution is 6.53. The van der Waals surface area contributed by atoms with Crippen LogP contribution in [0.1, 0.15) is 11.1 Å². The lowest BCUT2D eigenvalue weighted by molar-refractivity contribution is -0.120. The Kier molecular flexibility index (Phi) is 6.49. The second-order valence-corrected chi connectivity index (χ2v) is 8.22. The molecule has 0 bridgehead atoms. The molecule has 0 radical (unpaired) electrons. The Hall–Kier alpha value is -3.61. The summed E-state index contributed by atoms with van der Waals surface area (Å²) in [5, 5.41) is 6.00. The van der Waals surface area contributed by atoms with Crippen LogP contribution in [0.4, 0.5) is 17.1 Å². The molecular weight excluding hydrogens is 461 g/mol. The predicted molar refractivity (Wildman–Crippen MR) is 130 cm³/mol. The van der Waals surface area contributed by atoms with Gasteiger partial charge < -0.3 is 10.6 Å². The van der Waals surface area contributed by atoms with Crippen LogP contribution in [0, 0.1) is 6.92 Å². The van der Waals surface area contributed by atoms with Gasteiger partial charge in [-0.3, -0.25) is 14.4 Å². The normalized spacial score (nSPS) is 13.5. The van der Waals surface area contributed by atoms with E-state index in [9.17, 15) is 14.4 Å². The Morgan fingerprint density at radius 1 is 0.848 bits per heavy atom. The third-order valence-electron chi connectivity index (χ3n) is 5.15. The number of halogens is 2. The van der Waals surface area contributed by atoms with E-state index >= 15 is 0 Å². The zero-order chi connectivity index (χ0) is 23.5. The number of imide groups is 1.